The number of hydrogen-bond donors (Lipinski definition) is 1. The summed E-state index contributed by atoms with van der Waals surface area (Å²) in [7, 11) is 0. The van der Waals surface area contributed by atoms with E-state index in [0.717, 1.165) is 9.88 Å². The topological polar surface area (TPSA) is 54.9 Å². The largest absolute Gasteiger partial charge is 0.347 e. The van der Waals surface area contributed by atoms with E-state index in [2.05, 4.69) is 31.2 Å². The van der Waals surface area contributed by atoms with Crippen LogP contribution in [0.4, 0.5) is 0 Å². The van der Waals surface area contributed by atoms with E-state index in [-0.39, 0.29) is 5.91 Å². The van der Waals surface area contributed by atoms with Crippen molar-refractivity contribution in [2.24, 2.45) is 0 Å². The Morgan fingerprint density at radius 2 is 2.24 bits per heavy atom. The number of carbonyl (C=O) groups excluding carboxylic acids is 1. The zero-order valence-electron chi connectivity index (χ0n) is 9.11. The van der Waals surface area contributed by atoms with Gasteiger partial charge in [-0.05, 0) is 35.0 Å². The third kappa shape index (κ3) is 3.34. The molecule has 0 spiro atoms. The first-order valence-corrected chi connectivity index (χ1v) is 6.57. The molecule has 2 aromatic rings. The molecule has 2 heterocycles. The Morgan fingerprint density at radius 1 is 1.41 bits per heavy atom. The number of pyridine rings is 1. The van der Waals surface area contributed by atoms with Crippen LogP contribution in [0.15, 0.2) is 29.1 Å². The first-order chi connectivity index (χ1) is 8.15. The number of nitrogens with one attached hydrogen (secondary N) is 1. The number of rotatable bonds is 3. The smallest absolute Gasteiger partial charge is 0.253 e. The molecule has 6 heteroatoms. The number of amides is 1. The number of nitrogens with zero attached hydrogens (tertiary/aromatic N) is 2. The average Bonchev–Trinajstić information content (AvgIpc) is 2.73. The zero-order chi connectivity index (χ0) is 12.3. The van der Waals surface area contributed by atoms with Crippen LogP contribution in [0.5, 0.6) is 0 Å². The van der Waals surface area contributed by atoms with Crippen LogP contribution in [-0.4, -0.2) is 15.9 Å². The predicted octanol–water partition coefficient (Wildman–Crippen LogP) is 2.54. The molecule has 0 saturated heterocycles. The quantitative estimate of drug-likeness (QED) is 0.886. The van der Waals surface area contributed by atoms with E-state index < -0.39 is 0 Å². The Balaban J connectivity index is 1.95. The van der Waals surface area contributed by atoms with E-state index in [1.54, 1.807) is 29.7 Å². The van der Waals surface area contributed by atoms with Crippen LogP contribution in [0.3, 0.4) is 0 Å². The molecule has 4 nitrogen and oxygen atoms in total. The van der Waals surface area contributed by atoms with Gasteiger partial charge in [0.2, 0.25) is 0 Å². The van der Waals surface area contributed by atoms with Crippen molar-refractivity contribution in [3.8, 4) is 0 Å². The maximum Gasteiger partial charge on any atom is 0.253 e. The normalized spacial score (nSPS) is 10.2. The van der Waals surface area contributed by atoms with Gasteiger partial charge in [-0.3, -0.25) is 4.79 Å². The molecular weight excluding hydrogens is 302 g/mol. The summed E-state index contributed by atoms with van der Waals surface area (Å²) in [5, 5.41) is 3.82. The molecule has 1 amide bonds. The first-order valence-electron chi connectivity index (χ1n) is 4.96. The molecule has 88 valence electrons. The van der Waals surface area contributed by atoms with Crippen molar-refractivity contribution >= 4 is 33.2 Å². The van der Waals surface area contributed by atoms with E-state index in [1.165, 1.54) is 6.20 Å². The van der Waals surface area contributed by atoms with Crippen molar-refractivity contribution < 1.29 is 4.79 Å². The molecule has 1 N–H and O–H groups in total. The third-order valence-electron chi connectivity index (χ3n) is 2.08. The van der Waals surface area contributed by atoms with E-state index in [4.69, 9.17) is 0 Å². The number of halogens is 1. The average molecular weight is 312 g/mol. The second-order valence-corrected chi connectivity index (χ2v) is 5.53. The van der Waals surface area contributed by atoms with Gasteiger partial charge in [-0.25, -0.2) is 9.97 Å². The minimum Gasteiger partial charge on any atom is -0.347 e. The Morgan fingerprint density at radius 3 is 2.82 bits per heavy atom. The van der Waals surface area contributed by atoms with Crippen molar-refractivity contribution in [3.05, 3.63) is 44.6 Å². The second-order valence-electron chi connectivity index (χ2n) is 3.40. The lowest BCUT2D eigenvalue weighted by Crippen LogP contribution is -2.22. The van der Waals surface area contributed by atoms with Crippen LogP contribution in [0.2, 0.25) is 0 Å². The molecular formula is C11H10BrN3OS. The monoisotopic (exact) mass is 311 g/mol. The molecule has 0 radical (unpaired) electrons. The SMILES string of the molecule is Cc1ncc(CNC(=O)c2ccc(Br)nc2)s1. The summed E-state index contributed by atoms with van der Waals surface area (Å²) in [4.78, 5) is 20.9. The minimum atomic E-state index is -0.129. The third-order valence-corrected chi connectivity index (χ3v) is 3.46. The van der Waals surface area contributed by atoms with Crippen LogP contribution in [0.25, 0.3) is 0 Å². The van der Waals surface area contributed by atoms with Crippen LogP contribution in [0, 0.1) is 6.92 Å². The van der Waals surface area contributed by atoms with Crippen LogP contribution < -0.4 is 5.32 Å². The molecule has 0 aliphatic heterocycles. The van der Waals surface area contributed by atoms with Gasteiger partial charge in [0.05, 0.1) is 17.1 Å². The highest BCUT2D eigenvalue weighted by Gasteiger charge is 2.06. The zero-order valence-corrected chi connectivity index (χ0v) is 11.5. The van der Waals surface area contributed by atoms with Gasteiger partial charge >= 0.3 is 0 Å². The van der Waals surface area contributed by atoms with Gasteiger partial charge in [-0.1, -0.05) is 0 Å². The number of carbonyl (C=O) groups is 1. The fourth-order valence-corrected chi connectivity index (χ4v) is 2.24. The summed E-state index contributed by atoms with van der Waals surface area (Å²) in [5.74, 6) is -0.129. The lowest BCUT2D eigenvalue weighted by atomic mass is 10.3. The van der Waals surface area contributed by atoms with Gasteiger partial charge in [-0.15, -0.1) is 11.3 Å². The molecule has 0 aliphatic rings. The minimum absolute atomic E-state index is 0.129. The van der Waals surface area contributed by atoms with Crippen LogP contribution >= 0.6 is 27.3 Å². The molecule has 0 fully saturated rings. The summed E-state index contributed by atoms with van der Waals surface area (Å²) in [6.07, 6.45) is 3.32. The molecule has 2 aromatic heterocycles. The second kappa shape index (κ2) is 5.37. The van der Waals surface area contributed by atoms with Gasteiger partial charge in [0.1, 0.15) is 4.60 Å². The van der Waals surface area contributed by atoms with E-state index in [1.807, 2.05) is 6.92 Å². The van der Waals surface area contributed by atoms with Crippen molar-refractivity contribution in [1.82, 2.24) is 15.3 Å². The van der Waals surface area contributed by atoms with Crippen LogP contribution in [-0.2, 0) is 6.54 Å². The van der Waals surface area contributed by atoms with E-state index in [9.17, 15) is 4.79 Å². The number of thiazole rings is 1. The summed E-state index contributed by atoms with van der Waals surface area (Å²) in [6.45, 7) is 2.44. The standard InChI is InChI=1S/C11H10BrN3OS/c1-7-13-5-9(17-7)6-15-11(16)8-2-3-10(12)14-4-8/h2-5H,6H2,1H3,(H,15,16). The number of aryl methyl sites for hydroxylation is 1. The molecule has 0 aliphatic carbocycles. The summed E-state index contributed by atoms with van der Waals surface area (Å²) in [5.41, 5.74) is 0.550. The predicted molar refractivity (Wildman–Crippen MR) is 70.0 cm³/mol. The van der Waals surface area contributed by atoms with Crippen molar-refractivity contribution in [1.29, 1.82) is 0 Å². The highest BCUT2D eigenvalue weighted by molar-refractivity contribution is 9.10. The fourth-order valence-electron chi connectivity index (χ4n) is 1.27. The molecule has 0 saturated carbocycles. The van der Waals surface area contributed by atoms with Gasteiger partial charge < -0.3 is 5.32 Å². The van der Waals surface area contributed by atoms with Crippen molar-refractivity contribution in [3.63, 3.8) is 0 Å². The number of aromatic nitrogens is 2. The summed E-state index contributed by atoms with van der Waals surface area (Å²) < 4.78 is 0.715. The molecule has 0 unspecified atom stereocenters. The van der Waals surface area contributed by atoms with Crippen molar-refractivity contribution in [2.45, 2.75) is 13.5 Å². The fraction of sp³-hybridized carbons (Fsp3) is 0.182. The van der Waals surface area contributed by atoms with Gasteiger partial charge in [0, 0.05) is 17.3 Å². The lowest BCUT2D eigenvalue weighted by Gasteiger charge is -2.02. The van der Waals surface area contributed by atoms with E-state index in [0.29, 0.717) is 16.7 Å². The Labute approximate surface area is 111 Å². The van der Waals surface area contributed by atoms with Crippen LogP contribution in [0.1, 0.15) is 20.2 Å². The summed E-state index contributed by atoms with van der Waals surface area (Å²) >= 11 is 4.80. The summed E-state index contributed by atoms with van der Waals surface area (Å²) in [6, 6.07) is 3.47. The lowest BCUT2D eigenvalue weighted by molar-refractivity contribution is 0.0951. The number of hydrogen-bond acceptors (Lipinski definition) is 4. The molecule has 0 bridgehead atoms. The Hall–Kier alpha value is -1.27. The van der Waals surface area contributed by atoms with Gasteiger partial charge in [0.15, 0.2) is 0 Å². The van der Waals surface area contributed by atoms with Gasteiger partial charge in [0.25, 0.3) is 5.91 Å². The molecule has 0 aromatic carbocycles. The van der Waals surface area contributed by atoms with E-state index >= 15 is 0 Å². The highest BCUT2D eigenvalue weighted by Crippen LogP contribution is 2.11. The first kappa shape index (κ1) is 12.2. The Kier molecular flexibility index (Phi) is 3.86. The highest BCUT2D eigenvalue weighted by atomic mass is 79.9. The van der Waals surface area contributed by atoms with Crippen molar-refractivity contribution in [2.75, 3.05) is 0 Å². The molecule has 17 heavy (non-hydrogen) atoms. The molecule has 0 atom stereocenters. The Bertz CT molecular complexity index is 524. The molecule has 2 rings (SSSR count). The maximum atomic E-state index is 11.8. The maximum absolute atomic E-state index is 11.8. The van der Waals surface area contributed by atoms with Gasteiger partial charge in [-0.2, -0.15) is 0 Å².